The Kier molecular flexibility index (Phi) is 4.43. The molecule has 0 radical (unpaired) electrons. The highest BCUT2D eigenvalue weighted by Gasteiger charge is 2.21. The van der Waals surface area contributed by atoms with Crippen LogP contribution in [0, 0.1) is 12.7 Å². The molecular weight excluding hydrogens is 279 g/mol. The van der Waals surface area contributed by atoms with Gasteiger partial charge in [0.2, 0.25) is 0 Å². The molecule has 0 aliphatic carbocycles. The fourth-order valence-electron chi connectivity index (χ4n) is 3.07. The number of likely N-dealkylation sites (tertiary alicyclic amines) is 1. The van der Waals surface area contributed by atoms with Crippen LogP contribution >= 0.6 is 0 Å². The van der Waals surface area contributed by atoms with Crippen molar-refractivity contribution in [3.05, 3.63) is 47.5 Å². The van der Waals surface area contributed by atoms with Gasteiger partial charge in [-0.3, -0.25) is 9.58 Å². The zero-order valence-corrected chi connectivity index (χ0v) is 13.2. The third-order valence-corrected chi connectivity index (χ3v) is 4.43. The molecule has 1 fully saturated rings. The summed E-state index contributed by atoms with van der Waals surface area (Å²) in [6.45, 7) is 5.12. The van der Waals surface area contributed by atoms with Gasteiger partial charge in [-0.05, 0) is 44.5 Å². The van der Waals surface area contributed by atoms with Crippen molar-refractivity contribution in [1.29, 1.82) is 0 Å². The van der Waals surface area contributed by atoms with Crippen LogP contribution < -0.4 is 5.32 Å². The highest BCUT2D eigenvalue weighted by atomic mass is 19.1. The predicted molar refractivity (Wildman–Crippen MR) is 86.3 cm³/mol. The Hall–Kier alpha value is -1.88. The summed E-state index contributed by atoms with van der Waals surface area (Å²) in [5.41, 5.74) is 3.37. The summed E-state index contributed by atoms with van der Waals surface area (Å²) in [5.74, 6) is -0.191. The summed E-state index contributed by atoms with van der Waals surface area (Å²) < 4.78 is 15.2. The van der Waals surface area contributed by atoms with E-state index in [4.69, 9.17) is 0 Å². The molecule has 0 spiro atoms. The molecule has 1 aliphatic rings. The van der Waals surface area contributed by atoms with Crippen LogP contribution in [0.3, 0.4) is 0 Å². The van der Waals surface area contributed by atoms with Gasteiger partial charge in [0.25, 0.3) is 0 Å². The number of nitrogens with zero attached hydrogens (tertiary/aromatic N) is 3. The van der Waals surface area contributed by atoms with E-state index in [1.54, 1.807) is 12.1 Å². The molecule has 2 heterocycles. The SMILES string of the molecule is Cc1c(CN2CCCC(Nc3cccc(F)c3)C2)cnn1C. The average molecular weight is 302 g/mol. The summed E-state index contributed by atoms with van der Waals surface area (Å²) in [7, 11) is 1.98. The molecule has 1 N–H and O–H groups in total. The van der Waals surface area contributed by atoms with Crippen LogP contribution in [0.4, 0.5) is 10.1 Å². The van der Waals surface area contributed by atoms with Crippen LogP contribution in [0.2, 0.25) is 0 Å². The first-order valence-electron chi connectivity index (χ1n) is 7.84. The Labute approximate surface area is 130 Å². The molecule has 0 amide bonds. The summed E-state index contributed by atoms with van der Waals surface area (Å²) in [6, 6.07) is 7.07. The van der Waals surface area contributed by atoms with Gasteiger partial charge in [0, 0.05) is 43.1 Å². The fraction of sp³-hybridized carbons (Fsp3) is 0.471. The Morgan fingerprint density at radius 2 is 2.27 bits per heavy atom. The molecule has 22 heavy (non-hydrogen) atoms. The average Bonchev–Trinajstić information content (AvgIpc) is 2.80. The van der Waals surface area contributed by atoms with Crippen molar-refractivity contribution < 1.29 is 4.39 Å². The standard InChI is InChI=1S/C17H23FN4/c1-13-14(10-19-21(13)2)11-22-8-4-7-17(12-22)20-16-6-3-5-15(18)9-16/h3,5-6,9-10,17,20H,4,7-8,11-12H2,1-2H3. The molecule has 4 nitrogen and oxygen atoms in total. The van der Waals surface area contributed by atoms with Crippen LogP contribution in [0.5, 0.6) is 0 Å². The largest absolute Gasteiger partial charge is 0.381 e. The lowest BCUT2D eigenvalue weighted by atomic mass is 10.0. The zero-order chi connectivity index (χ0) is 15.5. The lowest BCUT2D eigenvalue weighted by molar-refractivity contribution is 0.208. The van der Waals surface area contributed by atoms with Crippen molar-refractivity contribution >= 4 is 5.69 Å². The lowest BCUT2D eigenvalue weighted by Crippen LogP contribution is -2.41. The van der Waals surface area contributed by atoms with E-state index in [1.165, 1.54) is 17.3 Å². The first-order valence-corrected chi connectivity index (χ1v) is 7.84. The number of halogens is 1. The van der Waals surface area contributed by atoms with Gasteiger partial charge >= 0.3 is 0 Å². The van der Waals surface area contributed by atoms with Crippen molar-refractivity contribution in [2.45, 2.75) is 32.4 Å². The first kappa shape index (κ1) is 15.0. The molecule has 1 unspecified atom stereocenters. The van der Waals surface area contributed by atoms with Crippen molar-refractivity contribution in [2.75, 3.05) is 18.4 Å². The Balaban J connectivity index is 1.60. The van der Waals surface area contributed by atoms with E-state index >= 15 is 0 Å². The number of piperidine rings is 1. The van der Waals surface area contributed by atoms with Crippen molar-refractivity contribution in [3.63, 3.8) is 0 Å². The van der Waals surface area contributed by atoms with Crippen LogP contribution in [0.25, 0.3) is 0 Å². The van der Waals surface area contributed by atoms with E-state index in [-0.39, 0.29) is 5.82 Å². The number of hydrogen-bond donors (Lipinski definition) is 1. The van der Waals surface area contributed by atoms with E-state index in [0.29, 0.717) is 6.04 Å². The van der Waals surface area contributed by atoms with Crippen molar-refractivity contribution in [3.8, 4) is 0 Å². The number of hydrogen-bond acceptors (Lipinski definition) is 3. The second-order valence-electron chi connectivity index (χ2n) is 6.11. The summed E-state index contributed by atoms with van der Waals surface area (Å²) >= 11 is 0. The van der Waals surface area contributed by atoms with E-state index < -0.39 is 0 Å². The third-order valence-electron chi connectivity index (χ3n) is 4.43. The van der Waals surface area contributed by atoms with Gasteiger partial charge in [-0.15, -0.1) is 0 Å². The molecule has 0 bridgehead atoms. The van der Waals surface area contributed by atoms with Crippen LogP contribution in [-0.4, -0.2) is 33.8 Å². The third kappa shape index (κ3) is 3.47. The van der Waals surface area contributed by atoms with Crippen molar-refractivity contribution in [2.24, 2.45) is 7.05 Å². The first-order chi connectivity index (χ1) is 10.6. The van der Waals surface area contributed by atoms with Crippen LogP contribution in [0.1, 0.15) is 24.1 Å². The molecule has 0 saturated carbocycles. The van der Waals surface area contributed by atoms with E-state index in [0.717, 1.165) is 38.2 Å². The minimum atomic E-state index is -0.191. The number of rotatable bonds is 4. The lowest BCUT2D eigenvalue weighted by Gasteiger charge is -2.33. The highest BCUT2D eigenvalue weighted by molar-refractivity contribution is 5.44. The second kappa shape index (κ2) is 6.48. The van der Waals surface area contributed by atoms with Crippen molar-refractivity contribution in [1.82, 2.24) is 14.7 Å². The molecule has 1 aromatic heterocycles. The highest BCUT2D eigenvalue weighted by Crippen LogP contribution is 2.19. The predicted octanol–water partition coefficient (Wildman–Crippen LogP) is 2.94. The number of aromatic nitrogens is 2. The molecule has 1 aliphatic heterocycles. The maximum atomic E-state index is 13.3. The van der Waals surface area contributed by atoms with E-state index in [2.05, 4.69) is 22.2 Å². The number of anilines is 1. The Morgan fingerprint density at radius 3 is 3.00 bits per heavy atom. The Morgan fingerprint density at radius 1 is 1.41 bits per heavy atom. The van der Waals surface area contributed by atoms with Gasteiger partial charge in [-0.1, -0.05) is 6.07 Å². The van der Waals surface area contributed by atoms with E-state index in [9.17, 15) is 4.39 Å². The molecule has 5 heteroatoms. The van der Waals surface area contributed by atoms with E-state index in [1.807, 2.05) is 24.0 Å². The van der Waals surface area contributed by atoms with Gasteiger partial charge in [0.1, 0.15) is 5.82 Å². The van der Waals surface area contributed by atoms with Gasteiger partial charge < -0.3 is 5.32 Å². The summed E-state index contributed by atoms with van der Waals surface area (Å²) in [4.78, 5) is 2.45. The van der Waals surface area contributed by atoms with Gasteiger partial charge in [0.05, 0.1) is 6.20 Å². The Bertz CT molecular complexity index is 637. The fourth-order valence-corrected chi connectivity index (χ4v) is 3.07. The normalized spacial score (nSPS) is 19.3. The maximum Gasteiger partial charge on any atom is 0.125 e. The second-order valence-corrected chi connectivity index (χ2v) is 6.11. The van der Waals surface area contributed by atoms with Crippen LogP contribution in [0.15, 0.2) is 30.5 Å². The minimum Gasteiger partial charge on any atom is -0.381 e. The molecule has 3 rings (SSSR count). The molecule has 1 saturated heterocycles. The number of aryl methyl sites for hydroxylation is 1. The number of benzene rings is 1. The quantitative estimate of drug-likeness (QED) is 0.942. The minimum absolute atomic E-state index is 0.191. The maximum absolute atomic E-state index is 13.3. The smallest absolute Gasteiger partial charge is 0.125 e. The number of nitrogens with one attached hydrogen (secondary N) is 1. The summed E-state index contributed by atoms with van der Waals surface area (Å²) in [6.07, 6.45) is 4.24. The molecule has 1 atom stereocenters. The van der Waals surface area contributed by atoms with Gasteiger partial charge in [-0.25, -0.2) is 4.39 Å². The van der Waals surface area contributed by atoms with Crippen LogP contribution in [-0.2, 0) is 13.6 Å². The monoisotopic (exact) mass is 302 g/mol. The molecular formula is C17H23FN4. The van der Waals surface area contributed by atoms with Gasteiger partial charge in [-0.2, -0.15) is 5.10 Å². The summed E-state index contributed by atoms with van der Waals surface area (Å²) in [5, 5.41) is 7.77. The van der Waals surface area contributed by atoms with Gasteiger partial charge in [0.15, 0.2) is 0 Å². The molecule has 1 aromatic carbocycles. The topological polar surface area (TPSA) is 33.1 Å². The molecule has 118 valence electrons. The molecule has 2 aromatic rings. The zero-order valence-electron chi connectivity index (χ0n) is 13.2.